The number of hydrogen-bond acceptors (Lipinski definition) is 6. The lowest BCUT2D eigenvalue weighted by Gasteiger charge is -2.34. The number of benzene rings is 1. The molecule has 0 saturated carbocycles. The van der Waals surface area contributed by atoms with E-state index in [2.05, 4.69) is 60.2 Å². The van der Waals surface area contributed by atoms with Crippen LogP contribution in [0.4, 0.5) is 5.95 Å². The summed E-state index contributed by atoms with van der Waals surface area (Å²) >= 11 is 1.61. The minimum Gasteiger partial charge on any atom is -0.361 e. The Hall–Kier alpha value is -2.77. The summed E-state index contributed by atoms with van der Waals surface area (Å²) in [5.41, 5.74) is 3.64. The Balaban J connectivity index is 0.000000784. The molecule has 204 valence electrons. The van der Waals surface area contributed by atoms with Crippen molar-refractivity contribution >= 4 is 28.2 Å². The Bertz CT molecular complexity index is 1050. The van der Waals surface area contributed by atoms with Crippen LogP contribution in [-0.2, 0) is 6.42 Å². The molecule has 0 unspecified atom stereocenters. The second kappa shape index (κ2) is 19.4. The van der Waals surface area contributed by atoms with E-state index in [0.29, 0.717) is 0 Å². The van der Waals surface area contributed by atoms with Crippen LogP contribution in [0.3, 0.4) is 0 Å². The lowest BCUT2D eigenvalue weighted by Crippen LogP contribution is -2.47. The van der Waals surface area contributed by atoms with E-state index >= 15 is 0 Å². The van der Waals surface area contributed by atoms with E-state index < -0.39 is 0 Å². The average molecular weight is 525 g/mol. The van der Waals surface area contributed by atoms with Gasteiger partial charge in [-0.2, -0.15) is 0 Å². The fourth-order valence-electron chi connectivity index (χ4n) is 3.96. The van der Waals surface area contributed by atoms with Crippen LogP contribution in [0, 0.1) is 0 Å². The molecular weight excluding hydrogens is 476 g/mol. The van der Waals surface area contributed by atoms with Gasteiger partial charge in [-0.1, -0.05) is 73.6 Å². The largest absolute Gasteiger partial charge is 0.361 e. The van der Waals surface area contributed by atoms with Crippen LogP contribution in [-0.4, -0.2) is 57.6 Å². The Kier molecular flexibility index (Phi) is 16.9. The van der Waals surface area contributed by atoms with Gasteiger partial charge in [-0.15, -0.1) is 11.3 Å². The maximum atomic E-state index is 4.57. The molecule has 0 spiro atoms. The molecule has 1 fully saturated rings. The molecule has 3 aromatic heterocycles. The number of anilines is 1. The molecule has 0 radical (unpaired) electrons. The number of rotatable bonds is 6. The summed E-state index contributed by atoms with van der Waals surface area (Å²) < 4.78 is 0. The van der Waals surface area contributed by atoms with Gasteiger partial charge in [-0.05, 0) is 31.0 Å². The minimum absolute atomic E-state index is 0.823. The van der Waals surface area contributed by atoms with Gasteiger partial charge in [0.1, 0.15) is 5.01 Å². The van der Waals surface area contributed by atoms with E-state index in [4.69, 9.17) is 0 Å². The van der Waals surface area contributed by atoms with E-state index in [9.17, 15) is 0 Å². The first kappa shape index (κ1) is 32.3. The van der Waals surface area contributed by atoms with Crippen LogP contribution < -0.4 is 4.90 Å². The number of nitrogens with zero attached hydrogens (tertiary/aromatic N) is 5. The predicted octanol–water partition coefficient (Wildman–Crippen LogP) is 7.94. The quantitative estimate of drug-likeness (QED) is 0.277. The third-order valence-corrected chi connectivity index (χ3v) is 6.39. The van der Waals surface area contributed by atoms with Crippen LogP contribution in [0.5, 0.6) is 0 Å². The second-order valence-electron chi connectivity index (χ2n) is 7.40. The Morgan fingerprint density at radius 1 is 0.838 bits per heavy atom. The molecule has 0 aliphatic carbocycles. The zero-order valence-electron chi connectivity index (χ0n) is 24.3. The summed E-state index contributed by atoms with van der Waals surface area (Å²) in [4.78, 5) is 21.7. The molecule has 4 aromatic rings. The average Bonchev–Trinajstić information content (AvgIpc) is 3.69. The third-order valence-electron chi connectivity index (χ3n) is 5.57. The van der Waals surface area contributed by atoms with E-state index in [0.717, 1.165) is 55.7 Å². The first-order chi connectivity index (χ1) is 18.4. The van der Waals surface area contributed by atoms with Gasteiger partial charge in [-0.3, -0.25) is 4.90 Å². The van der Waals surface area contributed by atoms with Crippen molar-refractivity contribution in [1.29, 1.82) is 0 Å². The van der Waals surface area contributed by atoms with E-state index in [1.54, 1.807) is 11.3 Å². The molecule has 6 nitrogen and oxygen atoms in total. The number of thiazole rings is 1. The van der Waals surface area contributed by atoms with Gasteiger partial charge in [-0.25, -0.2) is 15.0 Å². The Morgan fingerprint density at radius 3 is 2.11 bits per heavy atom. The normalized spacial score (nSPS) is 12.6. The molecule has 0 bridgehead atoms. The number of hydrogen-bond donors (Lipinski definition) is 1. The molecular formula is C30H48N6S. The van der Waals surface area contributed by atoms with E-state index in [1.165, 1.54) is 22.9 Å². The van der Waals surface area contributed by atoms with Crippen LogP contribution in [0.15, 0.2) is 54.4 Å². The summed E-state index contributed by atoms with van der Waals surface area (Å²) in [5.74, 6) is 0.823. The number of H-pyrrole nitrogens is 1. The van der Waals surface area contributed by atoms with Gasteiger partial charge < -0.3 is 9.88 Å². The van der Waals surface area contributed by atoms with Crippen LogP contribution in [0.2, 0.25) is 0 Å². The zero-order chi connectivity index (χ0) is 27.5. The summed E-state index contributed by atoms with van der Waals surface area (Å²) in [7, 11) is 0. The Morgan fingerprint density at radius 2 is 1.49 bits per heavy atom. The van der Waals surface area contributed by atoms with Crippen molar-refractivity contribution in [1.82, 2.24) is 24.8 Å². The molecule has 5 rings (SSSR count). The Labute approximate surface area is 229 Å². The van der Waals surface area contributed by atoms with Crippen LogP contribution >= 0.6 is 11.3 Å². The fraction of sp³-hybridized carbons (Fsp3) is 0.500. The topological polar surface area (TPSA) is 60.9 Å². The number of aromatic amines is 1. The predicted molar refractivity (Wildman–Crippen MR) is 164 cm³/mol. The van der Waals surface area contributed by atoms with Crippen molar-refractivity contribution < 1.29 is 0 Å². The molecule has 4 heterocycles. The van der Waals surface area contributed by atoms with Gasteiger partial charge in [0, 0.05) is 72.8 Å². The van der Waals surface area contributed by atoms with Crippen molar-refractivity contribution in [3.8, 4) is 10.6 Å². The number of para-hydroxylation sites is 1. The molecule has 1 saturated heterocycles. The smallest absolute Gasteiger partial charge is 0.225 e. The maximum absolute atomic E-state index is 4.57. The molecule has 0 amide bonds. The number of nitrogens with one attached hydrogen (secondary N) is 1. The van der Waals surface area contributed by atoms with Crippen molar-refractivity contribution in [3.05, 3.63) is 60.0 Å². The summed E-state index contributed by atoms with van der Waals surface area (Å²) in [6, 6.07) is 8.55. The molecule has 1 N–H and O–H groups in total. The van der Waals surface area contributed by atoms with Crippen LogP contribution in [0.1, 0.15) is 67.4 Å². The van der Waals surface area contributed by atoms with E-state index in [1.807, 2.05) is 79.4 Å². The lowest BCUT2D eigenvalue weighted by atomic mass is 10.1. The zero-order valence-corrected chi connectivity index (χ0v) is 25.1. The highest BCUT2D eigenvalue weighted by Gasteiger charge is 2.19. The van der Waals surface area contributed by atoms with Crippen molar-refractivity contribution in [2.75, 3.05) is 37.6 Å². The molecule has 7 heteroatoms. The summed E-state index contributed by atoms with van der Waals surface area (Å²) in [5, 5.41) is 4.30. The monoisotopic (exact) mass is 524 g/mol. The SMILES string of the molecule is CC.CC.CC.CC.c1ccc2c(CCCN3CCN(c4ncc(-c5nccs5)cn4)CC3)c[nH]c2c1. The highest BCUT2D eigenvalue weighted by molar-refractivity contribution is 7.13. The highest BCUT2D eigenvalue weighted by Crippen LogP contribution is 2.22. The molecule has 1 aliphatic rings. The third kappa shape index (κ3) is 9.56. The lowest BCUT2D eigenvalue weighted by molar-refractivity contribution is 0.254. The van der Waals surface area contributed by atoms with Gasteiger partial charge >= 0.3 is 0 Å². The van der Waals surface area contributed by atoms with E-state index in [-0.39, 0.29) is 0 Å². The fourth-order valence-corrected chi connectivity index (χ4v) is 4.58. The summed E-state index contributed by atoms with van der Waals surface area (Å²) in [6.45, 7) is 21.2. The van der Waals surface area contributed by atoms with Gasteiger partial charge in [0.2, 0.25) is 5.95 Å². The highest BCUT2D eigenvalue weighted by atomic mass is 32.1. The molecule has 1 aliphatic heterocycles. The molecule has 37 heavy (non-hydrogen) atoms. The van der Waals surface area contributed by atoms with Crippen molar-refractivity contribution in [3.63, 3.8) is 0 Å². The number of piperazine rings is 1. The first-order valence-corrected chi connectivity index (χ1v) is 15.0. The standard InChI is InChI=1S/C22H24N6S.4C2H6/c1-2-6-20-19(5-1)17(14-24-20)4-3-8-27-9-11-28(12-10-27)22-25-15-18(16-26-22)21-23-7-13-29-21;4*1-2/h1-2,5-7,13-16,24H,3-4,8-12H2;4*1-2H3. The number of aryl methyl sites for hydroxylation is 1. The molecule has 0 atom stereocenters. The molecule has 1 aromatic carbocycles. The van der Waals surface area contributed by atoms with Crippen LogP contribution in [0.25, 0.3) is 21.5 Å². The van der Waals surface area contributed by atoms with Crippen molar-refractivity contribution in [2.24, 2.45) is 0 Å². The minimum atomic E-state index is 0.823. The number of fused-ring (bicyclic) bond motifs is 1. The number of aromatic nitrogens is 4. The van der Waals surface area contributed by atoms with Gasteiger partial charge in [0.05, 0.1) is 0 Å². The summed E-state index contributed by atoms with van der Waals surface area (Å²) in [6.07, 6.45) is 10.0. The first-order valence-electron chi connectivity index (χ1n) is 14.1. The second-order valence-corrected chi connectivity index (χ2v) is 8.30. The van der Waals surface area contributed by atoms with Gasteiger partial charge in [0.25, 0.3) is 0 Å². The van der Waals surface area contributed by atoms with Gasteiger partial charge in [0.15, 0.2) is 0 Å². The van der Waals surface area contributed by atoms with Crippen molar-refractivity contribution in [2.45, 2.75) is 68.2 Å². The maximum Gasteiger partial charge on any atom is 0.225 e.